The van der Waals surface area contributed by atoms with E-state index in [9.17, 15) is 9.59 Å². The highest BCUT2D eigenvalue weighted by Gasteiger charge is 2.24. The molecule has 178 valence electrons. The molecule has 1 atom stereocenters. The van der Waals surface area contributed by atoms with Crippen LogP contribution < -0.4 is 20.2 Å². The highest BCUT2D eigenvalue weighted by Crippen LogP contribution is 2.34. The molecule has 0 aliphatic heterocycles. The van der Waals surface area contributed by atoms with Crippen LogP contribution in [0.1, 0.15) is 50.0 Å². The smallest absolute Gasteiger partial charge is 0.262 e. The molecule has 2 aromatic rings. The lowest BCUT2D eigenvalue weighted by Crippen LogP contribution is -2.48. The van der Waals surface area contributed by atoms with Gasteiger partial charge in [0.2, 0.25) is 0 Å². The van der Waals surface area contributed by atoms with Gasteiger partial charge >= 0.3 is 0 Å². The van der Waals surface area contributed by atoms with Gasteiger partial charge in [0.15, 0.2) is 11.5 Å². The summed E-state index contributed by atoms with van der Waals surface area (Å²) in [7, 11) is 0. The number of amides is 2. The molecule has 0 saturated carbocycles. The van der Waals surface area contributed by atoms with Crippen LogP contribution in [0.2, 0.25) is 5.02 Å². The molecule has 2 aromatic carbocycles. The SMILES string of the molecule is CCCOc1c(I)cc(/C=N\NC(=O)C(NC(=O)c2ccc(Cl)cc2)C(C)C)cc1OCC. The molecule has 33 heavy (non-hydrogen) atoms. The quantitative estimate of drug-likeness (QED) is 0.220. The fourth-order valence-electron chi connectivity index (χ4n) is 2.87. The Balaban J connectivity index is 2.09. The third kappa shape index (κ3) is 8.19. The molecule has 0 spiro atoms. The summed E-state index contributed by atoms with van der Waals surface area (Å²) in [5.41, 5.74) is 3.69. The van der Waals surface area contributed by atoms with Gasteiger partial charge in [-0.15, -0.1) is 0 Å². The molecule has 2 N–H and O–H groups in total. The Morgan fingerprint density at radius 3 is 2.45 bits per heavy atom. The molecule has 2 amide bonds. The van der Waals surface area contributed by atoms with Gasteiger partial charge in [-0.25, -0.2) is 5.43 Å². The van der Waals surface area contributed by atoms with E-state index in [0.717, 1.165) is 15.6 Å². The maximum Gasteiger partial charge on any atom is 0.262 e. The van der Waals surface area contributed by atoms with Crippen molar-refractivity contribution in [1.29, 1.82) is 0 Å². The first-order valence-electron chi connectivity index (χ1n) is 10.7. The van der Waals surface area contributed by atoms with Gasteiger partial charge in [-0.1, -0.05) is 32.4 Å². The van der Waals surface area contributed by atoms with Crippen molar-refractivity contribution in [3.63, 3.8) is 0 Å². The largest absolute Gasteiger partial charge is 0.490 e. The van der Waals surface area contributed by atoms with Gasteiger partial charge in [0.25, 0.3) is 11.8 Å². The first-order valence-corrected chi connectivity index (χ1v) is 12.2. The van der Waals surface area contributed by atoms with E-state index >= 15 is 0 Å². The van der Waals surface area contributed by atoms with Crippen LogP contribution in [-0.4, -0.2) is 37.3 Å². The predicted molar refractivity (Wildman–Crippen MR) is 139 cm³/mol. The highest BCUT2D eigenvalue weighted by atomic mass is 127. The summed E-state index contributed by atoms with van der Waals surface area (Å²) in [5.74, 6) is 0.414. The predicted octanol–water partition coefficient (Wildman–Crippen LogP) is 5.04. The Bertz CT molecular complexity index is 980. The minimum Gasteiger partial charge on any atom is -0.490 e. The van der Waals surface area contributed by atoms with Crippen LogP contribution >= 0.6 is 34.2 Å². The van der Waals surface area contributed by atoms with Gasteiger partial charge in [0.05, 0.1) is 23.0 Å². The summed E-state index contributed by atoms with van der Waals surface area (Å²) >= 11 is 8.06. The van der Waals surface area contributed by atoms with Gasteiger partial charge in [-0.2, -0.15) is 5.10 Å². The van der Waals surface area contributed by atoms with Gasteiger partial charge in [0, 0.05) is 10.6 Å². The minimum atomic E-state index is -0.755. The van der Waals surface area contributed by atoms with Crippen LogP contribution in [0.25, 0.3) is 0 Å². The zero-order valence-corrected chi connectivity index (χ0v) is 22.1. The van der Waals surface area contributed by atoms with Crippen molar-refractivity contribution < 1.29 is 19.1 Å². The number of rotatable bonds is 11. The van der Waals surface area contributed by atoms with Crippen molar-refractivity contribution in [2.24, 2.45) is 11.0 Å². The normalized spacial score (nSPS) is 12.0. The number of ether oxygens (including phenoxy) is 2. The second-order valence-electron chi connectivity index (χ2n) is 7.55. The maximum atomic E-state index is 12.7. The van der Waals surface area contributed by atoms with Crippen LogP contribution in [0.4, 0.5) is 0 Å². The van der Waals surface area contributed by atoms with Crippen LogP contribution in [-0.2, 0) is 4.79 Å². The number of nitrogens with zero attached hydrogens (tertiary/aromatic N) is 1. The van der Waals surface area contributed by atoms with E-state index in [4.69, 9.17) is 21.1 Å². The van der Waals surface area contributed by atoms with Crippen molar-refractivity contribution >= 4 is 52.2 Å². The van der Waals surface area contributed by atoms with Crippen molar-refractivity contribution in [2.45, 2.75) is 40.2 Å². The number of carbonyl (C=O) groups is 2. The summed E-state index contributed by atoms with van der Waals surface area (Å²) in [6.07, 6.45) is 2.42. The lowest BCUT2D eigenvalue weighted by molar-refractivity contribution is -0.123. The molecular formula is C24H29ClIN3O4. The van der Waals surface area contributed by atoms with E-state index in [0.29, 0.717) is 35.3 Å². The molecule has 1 unspecified atom stereocenters. The molecule has 0 aromatic heterocycles. The molecule has 2 rings (SSSR count). The van der Waals surface area contributed by atoms with Crippen molar-refractivity contribution in [3.05, 3.63) is 56.1 Å². The zero-order valence-electron chi connectivity index (χ0n) is 19.2. The fourth-order valence-corrected chi connectivity index (χ4v) is 3.78. The Labute approximate surface area is 213 Å². The van der Waals surface area contributed by atoms with Crippen LogP contribution in [0.15, 0.2) is 41.5 Å². The van der Waals surface area contributed by atoms with Gasteiger partial charge < -0.3 is 14.8 Å². The van der Waals surface area contributed by atoms with Crippen LogP contribution in [0.3, 0.4) is 0 Å². The fraction of sp³-hybridized carbons (Fsp3) is 0.375. The average molecular weight is 586 g/mol. The Morgan fingerprint density at radius 1 is 1.15 bits per heavy atom. The van der Waals surface area contributed by atoms with Crippen molar-refractivity contribution in [2.75, 3.05) is 13.2 Å². The van der Waals surface area contributed by atoms with E-state index in [2.05, 4.69) is 38.4 Å². The van der Waals surface area contributed by atoms with E-state index in [1.165, 1.54) is 6.21 Å². The third-order valence-electron chi connectivity index (χ3n) is 4.51. The first kappa shape index (κ1) is 26.9. The highest BCUT2D eigenvalue weighted by molar-refractivity contribution is 14.1. The topological polar surface area (TPSA) is 89.0 Å². The first-order chi connectivity index (χ1) is 15.8. The summed E-state index contributed by atoms with van der Waals surface area (Å²) in [6.45, 7) is 8.74. The van der Waals surface area contributed by atoms with E-state index in [1.54, 1.807) is 24.3 Å². The number of hydrogen-bond acceptors (Lipinski definition) is 5. The summed E-state index contributed by atoms with van der Waals surface area (Å²) in [4.78, 5) is 25.2. The number of hydrogen-bond donors (Lipinski definition) is 2. The second-order valence-corrected chi connectivity index (χ2v) is 9.15. The molecule has 0 aliphatic rings. The maximum absolute atomic E-state index is 12.7. The van der Waals surface area contributed by atoms with Crippen molar-refractivity contribution in [3.8, 4) is 11.5 Å². The summed E-state index contributed by atoms with van der Waals surface area (Å²) < 4.78 is 12.4. The second kappa shape index (κ2) is 13.4. The summed E-state index contributed by atoms with van der Waals surface area (Å²) in [5, 5.41) is 7.37. The molecule has 7 nitrogen and oxygen atoms in total. The Morgan fingerprint density at radius 2 is 1.85 bits per heavy atom. The minimum absolute atomic E-state index is 0.142. The molecule has 0 radical (unpaired) electrons. The average Bonchev–Trinajstić information content (AvgIpc) is 2.77. The van der Waals surface area contributed by atoms with E-state index < -0.39 is 11.9 Å². The Hall–Kier alpha value is -2.33. The number of carbonyl (C=O) groups excluding carboxylic acids is 2. The molecule has 9 heteroatoms. The molecule has 0 heterocycles. The van der Waals surface area contributed by atoms with Crippen molar-refractivity contribution in [1.82, 2.24) is 10.7 Å². The van der Waals surface area contributed by atoms with Crippen LogP contribution in [0.5, 0.6) is 11.5 Å². The molecular weight excluding hydrogens is 557 g/mol. The lowest BCUT2D eigenvalue weighted by Gasteiger charge is -2.20. The number of halogens is 2. The van der Waals surface area contributed by atoms with Gasteiger partial charge in [-0.05, 0) is 83.8 Å². The number of nitrogens with one attached hydrogen (secondary N) is 2. The standard InChI is InChI=1S/C24H29ClIN3O4/c1-5-11-33-22-19(26)12-16(13-20(22)32-6-2)14-27-29-24(31)21(15(3)4)28-23(30)17-7-9-18(25)10-8-17/h7-10,12-15,21H,5-6,11H2,1-4H3,(H,28,30)(H,29,31)/b27-14-. The number of hydrazone groups is 1. The van der Waals surface area contributed by atoms with Gasteiger partial charge in [-0.3, -0.25) is 9.59 Å². The number of benzene rings is 2. The Kier molecular flexibility index (Phi) is 10.9. The molecule has 0 fully saturated rings. The lowest BCUT2D eigenvalue weighted by atomic mass is 10.0. The summed E-state index contributed by atoms with van der Waals surface area (Å²) in [6, 6.07) is 9.42. The van der Waals surface area contributed by atoms with E-state index in [1.807, 2.05) is 39.8 Å². The molecule has 0 bridgehead atoms. The van der Waals surface area contributed by atoms with E-state index in [-0.39, 0.29) is 11.8 Å². The molecule has 0 saturated heterocycles. The third-order valence-corrected chi connectivity index (χ3v) is 5.57. The molecule has 0 aliphatic carbocycles. The van der Waals surface area contributed by atoms with Crippen LogP contribution in [0, 0.1) is 9.49 Å². The zero-order chi connectivity index (χ0) is 24.4. The monoisotopic (exact) mass is 585 g/mol. The van der Waals surface area contributed by atoms with Gasteiger partial charge in [0.1, 0.15) is 6.04 Å².